The Balaban J connectivity index is 3.18. The fourth-order valence-electron chi connectivity index (χ4n) is 1.18. The van der Waals surface area contributed by atoms with Gasteiger partial charge in [-0.3, -0.25) is 19.8 Å². The van der Waals surface area contributed by atoms with E-state index in [0.717, 1.165) is 6.08 Å². The average molecular weight is 195 g/mol. The molecule has 74 valence electrons. The van der Waals surface area contributed by atoms with E-state index in [2.05, 4.69) is 4.74 Å². The number of Topliss-reactive ketones (excluding diaryl/α,β-unsaturated/α-hetero) is 2. The van der Waals surface area contributed by atoms with E-state index in [-0.39, 0.29) is 5.57 Å². The van der Waals surface area contributed by atoms with Gasteiger partial charge in [0.05, 0.1) is 5.57 Å². The summed E-state index contributed by atoms with van der Waals surface area (Å²) in [5, 5.41) is 7.26. The molecular weight excluding hydrogens is 186 g/mol. The predicted octanol–water partition coefficient (Wildman–Crippen LogP) is -0.312. The third-order valence-electron chi connectivity index (χ3n) is 1.92. The third-order valence-corrected chi connectivity index (χ3v) is 1.92. The number of carbonyl (C=O) groups is 3. The standard InChI is InChI=1S/C9H9NO4/c1-4(11)5-3-6(12)7(10)9(14-2)8(5)13/h3,9-10H,1-2H3. The van der Waals surface area contributed by atoms with Crippen LogP contribution in [0.3, 0.4) is 0 Å². The SMILES string of the molecule is COC1C(=N)C(=O)C=C(C(C)=O)C1=O. The minimum absolute atomic E-state index is 0.196. The molecule has 1 rings (SSSR count). The first kappa shape index (κ1) is 10.5. The zero-order valence-electron chi connectivity index (χ0n) is 7.79. The van der Waals surface area contributed by atoms with E-state index in [0.29, 0.717) is 0 Å². The highest BCUT2D eigenvalue weighted by atomic mass is 16.5. The Morgan fingerprint density at radius 1 is 1.50 bits per heavy atom. The topological polar surface area (TPSA) is 84.3 Å². The summed E-state index contributed by atoms with van der Waals surface area (Å²) in [5.41, 5.74) is -0.625. The maximum atomic E-state index is 11.4. The van der Waals surface area contributed by atoms with Crippen molar-refractivity contribution in [3.8, 4) is 0 Å². The normalized spacial score (nSPS) is 22.3. The smallest absolute Gasteiger partial charge is 0.203 e. The van der Waals surface area contributed by atoms with E-state index in [1.807, 2.05) is 0 Å². The molecule has 0 saturated carbocycles. The maximum absolute atomic E-state index is 11.4. The lowest BCUT2D eigenvalue weighted by Gasteiger charge is -2.18. The highest BCUT2D eigenvalue weighted by molar-refractivity contribution is 6.53. The van der Waals surface area contributed by atoms with Crippen LogP contribution in [0, 0.1) is 5.41 Å². The van der Waals surface area contributed by atoms with Crippen LogP contribution in [0.1, 0.15) is 6.92 Å². The summed E-state index contributed by atoms with van der Waals surface area (Å²) in [6.07, 6.45) is -0.339. The molecule has 0 bridgehead atoms. The van der Waals surface area contributed by atoms with E-state index >= 15 is 0 Å². The molecule has 1 aliphatic rings. The van der Waals surface area contributed by atoms with E-state index < -0.39 is 29.2 Å². The van der Waals surface area contributed by atoms with Crippen molar-refractivity contribution in [2.75, 3.05) is 7.11 Å². The highest BCUT2D eigenvalue weighted by Gasteiger charge is 2.35. The number of nitrogens with one attached hydrogen (secondary N) is 1. The van der Waals surface area contributed by atoms with Gasteiger partial charge in [0.15, 0.2) is 11.9 Å². The molecule has 1 N–H and O–H groups in total. The van der Waals surface area contributed by atoms with E-state index in [1.54, 1.807) is 0 Å². The summed E-state index contributed by atoms with van der Waals surface area (Å²) in [7, 11) is 1.22. The summed E-state index contributed by atoms with van der Waals surface area (Å²) < 4.78 is 4.68. The zero-order chi connectivity index (χ0) is 10.9. The Morgan fingerprint density at radius 2 is 2.07 bits per heavy atom. The zero-order valence-corrected chi connectivity index (χ0v) is 7.79. The van der Waals surface area contributed by atoms with Gasteiger partial charge < -0.3 is 4.74 Å². The van der Waals surface area contributed by atoms with Crippen molar-refractivity contribution in [3.05, 3.63) is 11.6 Å². The Kier molecular flexibility index (Phi) is 2.71. The van der Waals surface area contributed by atoms with Crippen molar-refractivity contribution in [3.63, 3.8) is 0 Å². The lowest BCUT2D eigenvalue weighted by Crippen LogP contribution is -2.42. The molecule has 0 radical (unpaired) electrons. The Hall–Kier alpha value is -1.62. The second-order valence-corrected chi connectivity index (χ2v) is 2.87. The fourth-order valence-corrected chi connectivity index (χ4v) is 1.18. The van der Waals surface area contributed by atoms with Gasteiger partial charge in [-0.25, -0.2) is 0 Å². The van der Waals surface area contributed by atoms with Gasteiger partial charge in [-0.05, 0) is 6.92 Å². The number of ketones is 3. The van der Waals surface area contributed by atoms with Crippen LogP contribution in [0.4, 0.5) is 0 Å². The van der Waals surface area contributed by atoms with E-state index in [9.17, 15) is 14.4 Å². The molecule has 14 heavy (non-hydrogen) atoms. The summed E-state index contributed by atoms with van der Waals surface area (Å²) in [6, 6.07) is 0. The van der Waals surface area contributed by atoms with Gasteiger partial charge in [-0.15, -0.1) is 0 Å². The molecule has 0 aliphatic heterocycles. The molecule has 0 saturated heterocycles. The van der Waals surface area contributed by atoms with Gasteiger partial charge in [-0.1, -0.05) is 0 Å². The summed E-state index contributed by atoms with van der Waals surface area (Å²) in [5.74, 6) is -1.76. The molecule has 0 amide bonds. The molecule has 0 spiro atoms. The van der Waals surface area contributed by atoms with Gasteiger partial charge in [0.2, 0.25) is 11.6 Å². The summed E-state index contributed by atoms with van der Waals surface area (Å²) in [4.78, 5) is 33.5. The van der Waals surface area contributed by atoms with Crippen molar-refractivity contribution in [2.45, 2.75) is 13.0 Å². The monoisotopic (exact) mass is 195 g/mol. The first-order valence-corrected chi connectivity index (χ1v) is 3.91. The number of allylic oxidation sites excluding steroid dienone is 1. The lowest BCUT2D eigenvalue weighted by atomic mass is 9.91. The van der Waals surface area contributed by atoms with Gasteiger partial charge in [0.25, 0.3) is 0 Å². The van der Waals surface area contributed by atoms with Crippen LogP contribution in [0.5, 0.6) is 0 Å². The van der Waals surface area contributed by atoms with Crippen LogP contribution in [0.25, 0.3) is 0 Å². The molecule has 1 atom stereocenters. The van der Waals surface area contributed by atoms with Crippen LogP contribution in [-0.2, 0) is 19.1 Å². The first-order valence-electron chi connectivity index (χ1n) is 3.91. The van der Waals surface area contributed by atoms with Crippen LogP contribution in [-0.4, -0.2) is 36.3 Å². The van der Waals surface area contributed by atoms with Gasteiger partial charge in [0.1, 0.15) is 5.71 Å². The van der Waals surface area contributed by atoms with Crippen molar-refractivity contribution in [2.24, 2.45) is 0 Å². The van der Waals surface area contributed by atoms with Crippen molar-refractivity contribution < 1.29 is 19.1 Å². The minimum atomic E-state index is -1.23. The third kappa shape index (κ3) is 1.54. The van der Waals surface area contributed by atoms with Crippen molar-refractivity contribution in [1.82, 2.24) is 0 Å². The molecule has 0 aromatic rings. The Labute approximate surface area is 80.2 Å². The van der Waals surface area contributed by atoms with Crippen LogP contribution < -0.4 is 0 Å². The minimum Gasteiger partial charge on any atom is -0.367 e. The van der Waals surface area contributed by atoms with Crippen molar-refractivity contribution in [1.29, 1.82) is 5.41 Å². The fraction of sp³-hybridized carbons (Fsp3) is 0.333. The summed E-state index contributed by atoms with van der Waals surface area (Å²) in [6.45, 7) is 1.19. The summed E-state index contributed by atoms with van der Waals surface area (Å²) >= 11 is 0. The Bertz CT molecular complexity index is 367. The quantitative estimate of drug-likeness (QED) is 0.612. The maximum Gasteiger partial charge on any atom is 0.203 e. The number of hydrogen-bond donors (Lipinski definition) is 1. The number of methoxy groups -OCH3 is 1. The number of rotatable bonds is 2. The number of ether oxygens (including phenoxy) is 1. The molecule has 5 heteroatoms. The lowest BCUT2D eigenvalue weighted by molar-refractivity contribution is -0.126. The molecule has 0 fully saturated rings. The van der Waals surface area contributed by atoms with Crippen LogP contribution in [0.15, 0.2) is 11.6 Å². The molecule has 0 aromatic carbocycles. The molecule has 1 unspecified atom stereocenters. The van der Waals surface area contributed by atoms with E-state index in [1.165, 1.54) is 14.0 Å². The van der Waals surface area contributed by atoms with Crippen LogP contribution in [0.2, 0.25) is 0 Å². The van der Waals surface area contributed by atoms with Crippen LogP contribution >= 0.6 is 0 Å². The Morgan fingerprint density at radius 3 is 2.50 bits per heavy atom. The van der Waals surface area contributed by atoms with Crippen molar-refractivity contribution >= 4 is 23.1 Å². The van der Waals surface area contributed by atoms with Gasteiger partial charge in [-0.2, -0.15) is 0 Å². The second kappa shape index (κ2) is 3.63. The highest BCUT2D eigenvalue weighted by Crippen LogP contribution is 2.13. The average Bonchev–Trinajstić information content (AvgIpc) is 2.12. The number of carbonyl (C=O) groups excluding carboxylic acids is 3. The molecular formula is C9H9NO4. The van der Waals surface area contributed by atoms with Gasteiger partial charge in [0, 0.05) is 13.2 Å². The first-order chi connectivity index (χ1) is 6.49. The molecule has 5 nitrogen and oxygen atoms in total. The number of hydrogen-bond acceptors (Lipinski definition) is 5. The molecule has 1 aliphatic carbocycles. The predicted molar refractivity (Wildman–Crippen MR) is 47.3 cm³/mol. The largest absolute Gasteiger partial charge is 0.367 e. The molecule has 0 heterocycles. The molecule has 0 aromatic heterocycles. The van der Waals surface area contributed by atoms with Gasteiger partial charge >= 0.3 is 0 Å². The van der Waals surface area contributed by atoms with E-state index in [4.69, 9.17) is 5.41 Å². The second-order valence-electron chi connectivity index (χ2n) is 2.87.